The largest absolute Gasteiger partial charge is 0.365 e. The summed E-state index contributed by atoms with van der Waals surface area (Å²) < 4.78 is 1.82. The maximum atomic E-state index is 4.84. The van der Waals surface area contributed by atoms with Crippen molar-refractivity contribution in [2.24, 2.45) is 7.05 Å². The molecule has 0 aliphatic carbocycles. The van der Waals surface area contributed by atoms with Crippen LogP contribution in [0, 0.1) is 6.92 Å². The first-order valence-electron chi connectivity index (χ1n) is 9.03. The van der Waals surface area contributed by atoms with Gasteiger partial charge in [-0.05, 0) is 25.1 Å². The zero-order chi connectivity index (χ0) is 18.1. The monoisotopic (exact) mass is 351 g/mol. The molecule has 4 rings (SSSR count). The van der Waals surface area contributed by atoms with Gasteiger partial charge >= 0.3 is 0 Å². The van der Waals surface area contributed by atoms with E-state index in [0.29, 0.717) is 0 Å². The lowest BCUT2D eigenvalue weighted by molar-refractivity contribution is 0.311. The highest BCUT2D eigenvalue weighted by molar-refractivity contribution is 5.87. The molecule has 7 heteroatoms. The van der Waals surface area contributed by atoms with E-state index in [1.807, 2.05) is 17.9 Å². The Morgan fingerprint density at radius 1 is 1.04 bits per heavy atom. The first-order chi connectivity index (χ1) is 12.6. The van der Waals surface area contributed by atoms with Crippen molar-refractivity contribution in [3.63, 3.8) is 0 Å². The van der Waals surface area contributed by atoms with E-state index in [1.54, 1.807) is 0 Å². The van der Waals surface area contributed by atoms with Crippen molar-refractivity contribution < 1.29 is 0 Å². The van der Waals surface area contributed by atoms with E-state index in [-0.39, 0.29) is 0 Å². The van der Waals surface area contributed by atoms with Gasteiger partial charge in [0, 0.05) is 39.8 Å². The molecule has 0 radical (unpaired) electrons. The second-order valence-electron chi connectivity index (χ2n) is 6.95. The molecule has 0 spiro atoms. The number of hydrogen-bond acceptors (Lipinski definition) is 6. The summed E-state index contributed by atoms with van der Waals surface area (Å²) >= 11 is 0. The van der Waals surface area contributed by atoms with Crippen LogP contribution in [0.4, 0.5) is 11.8 Å². The number of likely N-dealkylation sites (N-methyl/N-ethyl adjacent to an activating group) is 1. The molecule has 0 atom stereocenters. The number of benzene rings is 1. The Labute approximate surface area is 153 Å². The van der Waals surface area contributed by atoms with Crippen molar-refractivity contribution in [3.05, 3.63) is 41.6 Å². The lowest BCUT2D eigenvalue weighted by Gasteiger charge is -2.32. The van der Waals surface area contributed by atoms with Crippen LogP contribution in [0.2, 0.25) is 0 Å². The average molecular weight is 351 g/mol. The molecule has 1 aliphatic rings. The first-order valence-corrected chi connectivity index (χ1v) is 9.03. The topological polar surface area (TPSA) is 62.1 Å². The summed E-state index contributed by atoms with van der Waals surface area (Å²) in [6, 6.07) is 8.41. The summed E-state index contributed by atoms with van der Waals surface area (Å²) in [7, 11) is 4.08. The van der Waals surface area contributed by atoms with Crippen molar-refractivity contribution >= 4 is 22.8 Å². The molecule has 1 N–H and O–H groups in total. The van der Waals surface area contributed by atoms with E-state index < -0.39 is 0 Å². The van der Waals surface area contributed by atoms with Gasteiger partial charge in [-0.1, -0.05) is 24.3 Å². The van der Waals surface area contributed by atoms with E-state index in [0.717, 1.165) is 55.5 Å². The summed E-state index contributed by atoms with van der Waals surface area (Å²) in [6.45, 7) is 6.80. The minimum atomic E-state index is 0.732. The van der Waals surface area contributed by atoms with Gasteiger partial charge in [0.2, 0.25) is 5.95 Å². The van der Waals surface area contributed by atoms with Crippen LogP contribution in [-0.4, -0.2) is 57.9 Å². The lowest BCUT2D eigenvalue weighted by atomic mass is 10.1. The molecular weight excluding hydrogens is 326 g/mol. The summed E-state index contributed by atoms with van der Waals surface area (Å²) in [5, 5.41) is 8.84. The Morgan fingerprint density at radius 3 is 2.58 bits per heavy atom. The molecule has 3 aromatic rings. The standard InChI is InChI=1S/C19H25N7/c1-14-6-4-5-7-15(14)12-20-17-16-13-21-25(3)18(16)23-19(22-17)26-10-8-24(2)9-11-26/h4-7,13H,8-12H2,1-3H3,(H,20,22,23). The third-order valence-electron chi connectivity index (χ3n) is 5.07. The smallest absolute Gasteiger partial charge is 0.229 e. The number of piperazine rings is 1. The van der Waals surface area contributed by atoms with Crippen molar-refractivity contribution in [3.8, 4) is 0 Å². The van der Waals surface area contributed by atoms with Gasteiger partial charge in [0.25, 0.3) is 0 Å². The Balaban J connectivity index is 1.65. The predicted octanol–water partition coefficient (Wildman–Crippen LogP) is 2.04. The van der Waals surface area contributed by atoms with Crippen LogP contribution in [0.25, 0.3) is 11.0 Å². The van der Waals surface area contributed by atoms with E-state index in [9.17, 15) is 0 Å². The van der Waals surface area contributed by atoms with Gasteiger partial charge in [0.05, 0.1) is 11.6 Å². The summed E-state index contributed by atoms with van der Waals surface area (Å²) in [5.74, 6) is 1.63. The second-order valence-corrected chi connectivity index (χ2v) is 6.95. The zero-order valence-corrected chi connectivity index (χ0v) is 15.6. The molecular formula is C19H25N7. The third-order valence-corrected chi connectivity index (χ3v) is 5.07. The minimum absolute atomic E-state index is 0.732. The Kier molecular flexibility index (Phi) is 4.46. The van der Waals surface area contributed by atoms with Gasteiger partial charge in [0.15, 0.2) is 5.65 Å². The van der Waals surface area contributed by atoms with Crippen LogP contribution in [-0.2, 0) is 13.6 Å². The van der Waals surface area contributed by atoms with Crippen molar-refractivity contribution in [2.75, 3.05) is 43.4 Å². The van der Waals surface area contributed by atoms with Gasteiger partial charge in [-0.3, -0.25) is 4.68 Å². The molecule has 1 aliphatic heterocycles. The van der Waals surface area contributed by atoms with E-state index in [2.05, 4.69) is 58.5 Å². The predicted molar refractivity (Wildman–Crippen MR) is 105 cm³/mol. The Bertz CT molecular complexity index is 909. The normalized spacial score (nSPS) is 15.6. The van der Waals surface area contributed by atoms with Crippen LogP contribution in [0.5, 0.6) is 0 Å². The molecule has 136 valence electrons. The highest BCUT2D eigenvalue weighted by atomic mass is 15.4. The highest BCUT2D eigenvalue weighted by Gasteiger charge is 2.19. The molecule has 7 nitrogen and oxygen atoms in total. The van der Waals surface area contributed by atoms with Crippen LogP contribution in [0.3, 0.4) is 0 Å². The molecule has 0 unspecified atom stereocenters. The molecule has 2 aromatic heterocycles. The molecule has 1 aromatic carbocycles. The highest BCUT2D eigenvalue weighted by Crippen LogP contribution is 2.24. The first kappa shape index (κ1) is 16.8. The molecule has 1 saturated heterocycles. The van der Waals surface area contributed by atoms with Crippen LogP contribution in [0.15, 0.2) is 30.5 Å². The van der Waals surface area contributed by atoms with Crippen LogP contribution in [0.1, 0.15) is 11.1 Å². The molecule has 0 bridgehead atoms. The van der Waals surface area contributed by atoms with Gasteiger partial charge in [0.1, 0.15) is 5.82 Å². The Morgan fingerprint density at radius 2 is 1.81 bits per heavy atom. The number of aryl methyl sites for hydroxylation is 2. The molecule has 26 heavy (non-hydrogen) atoms. The van der Waals surface area contributed by atoms with Gasteiger partial charge in [-0.15, -0.1) is 0 Å². The van der Waals surface area contributed by atoms with E-state index in [1.165, 1.54) is 11.1 Å². The summed E-state index contributed by atoms with van der Waals surface area (Å²) in [5.41, 5.74) is 3.40. The Hall–Kier alpha value is -2.67. The second kappa shape index (κ2) is 6.92. The fraction of sp³-hybridized carbons (Fsp3) is 0.421. The molecule has 0 saturated carbocycles. The number of anilines is 2. The maximum Gasteiger partial charge on any atom is 0.229 e. The number of fused-ring (bicyclic) bond motifs is 1. The summed E-state index contributed by atoms with van der Waals surface area (Å²) in [4.78, 5) is 14.2. The van der Waals surface area contributed by atoms with Gasteiger partial charge in [-0.2, -0.15) is 15.1 Å². The number of aromatic nitrogens is 4. The fourth-order valence-corrected chi connectivity index (χ4v) is 3.28. The van der Waals surface area contributed by atoms with Gasteiger partial charge in [-0.25, -0.2) is 0 Å². The van der Waals surface area contributed by atoms with Crippen LogP contribution < -0.4 is 10.2 Å². The number of hydrogen-bond donors (Lipinski definition) is 1. The number of nitrogens with zero attached hydrogens (tertiary/aromatic N) is 6. The summed E-state index contributed by atoms with van der Waals surface area (Å²) in [6.07, 6.45) is 1.84. The maximum absolute atomic E-state index is 4.84. The van der Waals surface area contributed by atoms with Crippen LogP contribution >= 0.6 is 0 Å². The number of nitrogens with one attached hydrogen (secondary N) is 1. The van der Waals surface area contributed by atoms with Crippen molar-refractivity contribution in [2.45, 2.75) is 13.5 Å². The molecule has 3 heterocycles. The van der Waals surface area contributed by atoms with Gasteiger partial charge < -0.3 is 15.1 Å². The minimum Gasteiger partial charge on any atom is -0.365 e. The van der Waals surface area contributed by atoms with Crippen molar-refractivity contribution in [1.29, 1.82) is 0 Å². The van der Waals surface area contributed by atoms with E-state index in [4.69, 9.17) is 9.97 Å². The molecule has 0 amide bonds. The molecule has 1 fully saturated rings. The fourth-order valence-electron chi connectivity index (χ4n) is 3.28. The lowest BCUT2D eigenvalue weighted by Crippen LogP contribution is -2.45. The zero-order valence-electron chi connectivity index (χ0n) is 15.6. The number of rotatable bonds is 4. The van der Waals surface area contributed by atoms with E-state index >= 15 is 0 Å². The quantitative estimate of drug-likeness (QED) is 0.776. The SMILES string of the molecule is Cc1ccccc1CNc1nc(N2CCN(C)CC2)nc2c1cnn2C. The van der Waals surface area contributed by atoms with Crippen molar-refractivity contribution in [1.82, 2.24) is 24.6 Å². The third kappa shape index (κ3) is 3.22. The average Bonchev–Trinajstić information content (AvgIpc) is 3.03.